The molecule has 1 aromatic carbocycles. The Morgan fingerprint density at radius 2 is 2.05 bits per heavy atom. The van der Waals surface area contributed by atoms with Crippen molar-refractivity contribution in [2.24, 2.45) is 0 Å². The number of carboxylic acid groups (broad SMARTS) is 1. The van der Waals surface area contributed by atoms with Gasteiger partial charge in [0, 0.05) is 0 Å². The number of sulfonamides is 1. The third-order valence-electron chi connectivity index (χ3n) is 3.32. The Hall–Kier alpha value is -1.47. The van der Waals surface area contributed by atoms with E-state index in [0.717, 1.165) is 6.07 Å². The Labute approximate surface area is 110 Å². The molecule has 1 aliphatic carbocycles. The van der Waals surface area contributed by atoms with E-state index in [4.69, 9.17) is 5.11 Å². The highest BCUT2D eigenvalue weighted by atomic mass is 32.2. The second kappa shape index (κ2) is 4.57. The van der Waals surface area contributed by atoms with E-state index in [9.17, 15) is 17.6 Å². The highest BCUT2D eigenvalue weighted by Crippen LogP contribution is 2.34. The average molecular weight is 287 g/mol. The topological polar surface area (TPSA) is 83.5 Å². The normalized spacial score (nSPS) is 17.8. The lowest BCUT2D eigenvalue weighted by atomic mass is 9.78. The van der Waals surface area contributed by atoms with Gasteiger partial charge in [-0.1, -0.05) is 6.07 Å². The highest BCUT2D eigenvalue weighted by Gasteiger charge is 2.47. The number of halogens is 1. The molecule has 0 spiro atoms. The zero-order valence-electron chi connectivity index (χ0n) is 10.3. The fraction of sp³-hybridized carbons (Fsp3) is 0.417. The minimum atomic E-state index is -4.18. The smallest absolute Gasteiger partial charge is 0.324 e. The number of carbonyl (C=O) groups is 1. The monoisotopic (exact) mass is 287 g/mol. The molecule has 19 heavy (non-hydrogen) atoms. The van der Waals surface area contributed by atoms with E-state index in [1.54, 1.807) is 6.92 Å². The van der Waals surface area contributed by atoms with E-state index in [1.165, 1.54) is 12.1 Å². The summed E-state index contributed by atoms with van der Waals surface area (Å²) in [7, 11) is -4.18. The molecule has 2 N–H and O–H groups in total. The molecule has 0 unspecified atom stereocenters. The fourth-order valence-electron chi connectivity index (χ4n) is 2.02. The van der Waals surface area contributed by atoms with Gasteiger partial charge in [-0.05, 0) is 43.9 Å². The standard InChI is InChI=1S/C12H14FNO4S/c1-8-3-4-9(13)10(7-8)19(17,18)14-12(11(15)16)5-2-6-12/h3-4,7,14H,2,5-6H2,1H3,(H,15,16). The van der Waals surface area contributed by atoms with Gasteiger partial charge in [0.15, 0.2) is 0 Å². The number of aryl methyl sites for hydroxylation is 1. The van der Waals surface area contributed by atoms with Crippen molar-refractivity contribution < 1.29 is 22.7 Å². The van der Waals surface area contributed by atoms with Crippen molar-refractivity contribution in [3.05, 3.63) is 29.6 Å². The quantitative estimate of drug-likeness (QED) is 0.877. The number of nitrogens with one attached hydrogen (secondary N) is 1. The molecule has 0 aromatic heterocycles. The van der Waals surface area contributed by atoms with Gasteiger partial charge in [-0.15, -0.1) is 0 Å². The molecular weight excluding hydrogens is 273 g/mol. The van der Waals surface area contributed by atoms with Gasteiger partial charge in [0.05, 0.1) is 0 Å². The van der Waals surface area contributed by atoms with Crippen molar-refractivity contribution in [1.29, 1.82) is 0 Å². The first-order chi connectivity index (χ1) is 8.77. The average Bonchev–Trinajstić information content (AvgIpc) is 2.26. The van der Waals surface area contributed by atoms with Crippen LogP contribution >= 0.6 is 0 Å². The van der Waals surface area contributed by atoms with Crippen LogP contribution in [0.4, 0.5) is 4.39 Å². The summed E-state index contributed by atoms with van der Waals surface area (Å²) < 4.78 is 39.9. The van der Waals surface area contributed by atoms with Gasteiger partial charge in [-0.3, -0.25) is 4.79 Å². The van der Waals surface area contributed by atoms with E-state index in [2.05, 4.69) is 4.72 Å². The van der Waals surface area contributed by atoms with Crippen molar-refractivity contribution in [1.82, 2.24) is 4.72 Å². The van der Waals surface area contributed by atoms with E-state index in [-0.39, 0.29) is 12.8 Å². The molecule has 0 heterocycles. The third kappa shape index (κ3) is 2.48. The van der Waals surface area contributed by atoms with Gasteiger partial charge < -0.3 is 5.11 Å². The molecular formula is C12H14FNO4S. The molecule has 0 saturated heterocycles. The fourth-order valence-corrected chi connectivity index (χ4v) is 3.60. The Kier molecular flexibility index (Phi) is 3.36. The molecule has 1 fully saturated rings. The third-order valence-corrected chi connectivity index (χ3v) is 4.87. The summed E-state index contributed by atoms with van der Waals surface area (Å²) in [5, 5.41) is 9.10. The van der Waals surface area contributed by atoms with Crippen LogP contribution in [-0.4, -0.2) is 25.0 Å². The number of aliphatic carboxylic acids is 1. The maximum atomic E-state index is 13.6. The van der Waals surface area contributed by atoms with Crippen LogP contribution in [0.15, 0.2) is 23.1 Å². The predicted octanol–water partition coefficient (Wildman–Crippen LogP) is 1.42. The molecule has 104 valence electrons. The van der Waals surface area contributed by atoms with Crippen LogP contribution in [0.3, 0.4) is 0 Å². The van der Waals surface area contributed by atoms with Crippen molar-refractivity contribution >= 4 is 16.0 Å². The first kappa shape index (κ1) is 14.0. The molecule has 2 rings (SSSR count). The van der Waals surface area contributed by atoms with Crippen LogP contribution in [0, 0.1) is 12.7 Å². The molecule has 0 bridgehead atoms. The molecule has 5 nitrogen and oxygen atoms in total. The molecule has 1 saturated carbocycles. The second-order valence-electron chi connectivity index (χ2n) is 4.78. The van der Waals surface area contributed by atoms with Gasteiger partial charge >= 0.3 is 5.97 Å². The lowest BCUT2D eigenvalue weighted by Gasteiger charge is -2.37. The van der Waals surface area contributed by atoms with Crippen molar-refractivity contribution in [3.8, 4) is 0 Å². The van der Waals surface area contributed by atoms with Gasteiger partial charge in [-0.25, -0.2) is 12.8 Å². The SMILES string of the molecule is Cc1ccc(F)c(S(=O)(=O)NC2(C(=O)O)CCC2)c1. The Bertz CT molecular complexity index is 623. The minimum absolute atomic E-state index is 0.217. The number of carboxylic acids is 1. The highest BCUT2D eigenvalue weighted by molar-refractivity contribution is 7.89. The van der Waals surface area contributed by atoms with Crippen LogP contribution in [0.1, 0.15) is 24.8 Å². The summed E-state index contributed by atoms with van der Waals surface area (Å²) in [5.74, 6) is -2.12. The number of hydrogen-bond donors (Lipinski definition) is 2. The summed E-state index contributed by atoms with van der Waals surface area (Å²) in [4.78, 5) is 10.6. The van der Waals surface area contributed by atoms with Crippen LogP contribution in [0.2, 0.25) is 0 Å². The molecule has 7 heteroatoms. The van der Waals surface area contributed by atoms with Gasteiger partial charge in [0.2, 0.25) is 10.0 Å². The van der Waals surface area contributed by atoms with Crippen molar-refractivity contribution in [3.63, 3.8) is 0 Å². The van der Waals surface area contributed by atoms with Gasteiger partial charge in [0.25, 0.3) is 0 Å². The molecule has 0 atom stereocenters. The Balaban J connectivity index is 2.38. The number of hydrogen-bond acceptors (Lipinski definition) is 3. The predicted molar refractivity (Wildman–Crippen MR) is 65.7 cm³/mol. The van der Waals surface area contributed by atoms with Gasteiger partial charge in [-0.2, -0.15) is 4.72 Å². The summed E-state index contributed by atoms with van der Waals surface area (Å²) >= 11 is 0. The van der Waals surface area contributed by atoms with E-state index >= 15 is 0 Å². The first-order valence-electron chi connectivity index (χ1n) is 5.80. The minimum Gasteiger partial charge on any atom is -0.480 e. The van der Waals surface area contributed by atoms with Crippen LogP contribution in [0.25, 0.3) is 0 Å². The van der Waals surface area contributed by atoms with Crippen molar-refractivity contribution in [2.75, 3.05) is 0 Å². The lowest BCUT2D eigenvalue weighted by Crippen LogP contribution is -2.59. The summed E-state index contributed by atoms with van der Waals surface area (Å²) in [6, 6.07) is 3.69. The summed E-state index contributed by atoms with van der Waals surface area (Å²) in [6.07, 6.45) is 1.06. The van der Waals surface area contributed by atoms with Crippen LogP contribution in [-0.2, 0) is 14.8 Å². The zero-order chi connectivity index (χ0) is 14.3. The van der Waals surface area contributed by atoms with Crippen LogP contribution in [0.5, 0.6) is 0 Å². The van der Waals surface area contributed by atoms with E-state index in [1.807, 2.05) is 0 Å². The van der Waals surface area contributed by atoms with Gasteiger partial charge in [0.1, 0.15) is 16.3 Å². The molecule has 1 aromatic rings. The number of benzene rings is 1. The summed E-state index contributed by atoms with van der Waals surface area (Å²) in [5.41, 5.74) is -0.908. The second-order valence-corrected chi connectivity index (χ2v) is 6.43. The van der Waals surface area contributed by atoms with E-state index in [0.29, 0.717) is 12.0 Å². The molecule has 0 radical (unpaired) electrons. The molecule has 1 aliphatic rings. The Morgan fingerprint density at radius 1 is 1.42 bits per heavy atom. The maximum absolute atomic E-state index is 13.6. The molecule has 0 aliphatic heterocycles. The first-order valence-corrected chi connectivity index (χ1v) is 7.29. The van der Waals surface area contributed by atoms with Crippen molar-refractivity contribution in [2.45, 2.75) is 36.6 Å². The Morgan fingerprint density at radius 3 is 2.53 bits per heavy atom. The maximum Gasteiger partial charge on any atom is 0.324 e. The van der Waals surface area contributed by atoms with Crippen LogP contribution < -0.4 is 4.72 Å². The van der Waals surface area contributed by atoms with E-state index < -0.39 is 32.2 Å². The molecule has 0 amide bonds. The summed E-state index contributed by atoms with van der Waals surface area (Å²) in [6.45, 7) is 1.63. The number of rotatable bonds is 4. The lowest BCUT2D eigenvalue weighted by molar-refractivity contribution is -0.147. The largest absolute Gasteiger partial charge is 0.480 e. The zero-order valence-corrected chi connectivity index (χ0v) is 11.1.